The van der Waals surface area contributed by atoms with Gasteiger partial charge in [-0.3, -0.25) is 0 Å². The Morgan fingerprint density at radius 3 is 2.71 bits per heavy atom. The molecule has 0 amide bonds. The standard InChI is InChI=1S/C17H17NO2S/c1-3-21-17-9-5-8-16(15(17)11-18)20-14-7-4-6-13(10-14)12-19-2/h4-10H,3,12H2,1-2H3. The van der Waals surface area contributed by atoms with Crippen molar-refractivity contribution in [3.8, 4) is 17.6 Å². The van der Waals surface area contributed by atoms with Crippen molar-refractivity contribution in [1.29, 1.82) is 5.26 Å². The summed E-state index contributed by atoms with van der Waals surface area (Å²) >= 11 is 1.64. The normalized spacial score (nSPS) is 10.1. The average Bonchev–Trinajstić information content (AvgIpc) is 2.49. The van der Waals surface area contributed by atoms with Crippen LogP contribution in [0.5, 0.6) is 11.5 Å². The van der Waals surface area contributed by atoms with Crippen LogP contribution in [0, 0.1) is 11.3 Å². The lowest BCUT2D eigenvalue weighted by atomic mass is 10.2. The molecular weight excluding hydrogens is 282 g/mol. The van der Waals surface area contributed by atoms with Crippen LogP contribution in [-0.2, 0) is 11.3 Å². The van der Waals surface area contributed by atoms with E-state index in [1.54, 1.807) is 18.9 Å². The first-order valence-corrected chi connectivity index (χ1v) is 7.68. The number of thioether (sulfide) groups is 1. The second-order valence-electron chi connectivity index (χ2n) is 4.36. The van der Waals surface area contributed by atoms with Gasteiger partial charge in [-0.05, 0) is 35.6 Å². The van der Waals surface area contributed by atoms with Crippen molar-refractivity contribution < 1.29 is 9.47 Å². The van der Waals surface area contributed by atoms with E-state index in [0.29, 0.717) is 23.7 Å². The molecule has 2 aromatic rings. The first-order chi connectivity index (χ1) is 10.3. The summed E-state index contributed by atoms with van der Waals surface area (Å²) in [6.45, 7) is 2.60. The number of methoxy groups -OCH3 is 1. The molecule has 2 rings (SSSR count). The molecule has 2 aromatic carbocycles. The van der Waals surface area contributed by atoms with Gasteiger partial charge in [0.15, 0.2) is 0 Å². The van der Waals surface area contributed by atoms with Gasteiger partial charge in [0.25, 0.3) is 0 Å². The quantitative estimate of drug-likeness (QED) is 0.731. The van der Waals surface area contributed by atoms with E-state index in [1.165, 1.54) is 0 Å². The SMILES string of the molecule is CCSc1cccc(Oc2cccc(COC)c2)c1C#N. The fourth-order valence-electron chi connectivity index (χ4n) is 1.97. The minimum atomic E-state index is 0.536. The molecule has 0 bridgehead atoms. The molecule has 21 heavy (non-hydrogen) atoms. The smallest absolute Gasteiger partial charge is 0.146 e. The van der Waals surface area contributed by atoms with Gasteiger partial charge < -0.3 is 9.47 Å². The lowest BCUT2D eigenvalue weighted by molar-refractivity contribution is 0.184. The van der Waals surface area contributed by atoms with Crippen molar-refractivity contribution in [1.82, 2.24) is 0 Å². The van der Waals surface area contributed by atoms with Gasteiger partial charge in [0.2, 0.25) is 0 Å². The number of ether oxygens (including phenoxy) is 2. The van der Waals surface area contributed by atoms with Crippen molar-refractivity contribution in [3.05, 3.63) is 53.6 Å². The lowest BCUT2D eigenvalue weighted by Gasteiger charge is -2.11. The maximum absolute atomic E-state index is 9.38. The van der Waals surface area contributed by atoms with Crippen molar-refractivity contribution in [2.24, 2.45) is 0 Å². The Morgan fingerprint density at radius 2 is 2.00 bits per heavy atom. The van der Waals surface area contributed by atoms with E-state index >= 15 is 0 Å². The molecule has 0 atom stereocenters. The number of rotatable bonds is 6. The summed E-state index contributed by atoms with van der Waals surface area (Å²) in [5.74, 6) is 2.21. The molecule has 0 aliphatic rings. The highest BCUT2D eigenvalue weighted by molar-refractivity contribution is 7.99. The maximum Gasteiger partial charge on any atom is 0.146 e. The van der Waals surface area contributed by atoms with Crippen LogP contribution in [-0.4, -0.2) is 12.9 Å². The van der Waals surface area contributed by atoms with Gasteiger partial charge in [0, 0.05) is 12.0 Å². The van der Waals surface area contributed by atoms with Gasteiger partial charge in [-0.15, -0.1) is 11.8 Å². The van der Waals surface area contributed by atoms with E-state index in [2.05, 4.69) is 13.0 Å². The van der Waals surface area contributed by atoms with Crippen molar-refractivity contribution in [3.63, 3.8) is 0 Å². The monoisotopic (exact) mass is 299 g/mol. The average molecular weight is 299 g/mol. The predicted octanol–water partition coefficient (Wildman–Crippen LogP) is 4.61. The highest BCUT2D eigenvalue weighted by atomic mass is 32.2. The summed E-state index contributed by atoms with van der Waals surface area (Å²) in [5, 5.41) is 9.38. The Morgan fingerprint density at radius 1 is 1.19 bits per heavy atom. The number of nitriles is 1. The van der Waals surface area contributed by atoms with Crippen molar-refractivity contribution >= 4 is 11.8 Å². The molecule has 0 aromatic heterocycles. The maximum atomic E-state index is 9.38. The zero-order chi connectivity index (χ0) is 15.1. The van der Waals surface area contributed by atoms with Crippen molar-refractivity contribution in [2.75, 3.05) is 12.9 Å². The Hall–Kier alpha value is -1.96. The summed E-state index contributed by atoms with van der Waals surface area (Å²) in [7, 11) is 1.66. The zero-order valence-electron chi connectivity index (χ0n) is 12.1. The number of nitrogens with zero attached hydrogens (tertiary/aromatic N) is 1. The van der Waals surface area contributed by atoms with Gasteiger partial charge in [-0.25, -0.2) is 0 Å². The number of hydrogen-bond acceptors (Lipinski definition) is 4. The molecule has 4 heteroatoms. The first kappa shape index (κ1) is 15.4. The summed E-state index contributed by atoms with van der Waals surface area (Å²) in [4.78, 5) is 0.950. The molecule has 0 fully saturated rings. The van der Waals surface area contributed by atoms with E-state index in [0.717, 1.165) is 16.2 Å². The van der Waals surface area contributed by atoms with E-state index in [9.17, 15) is 5.26 Å². The van der Waals surface area contributed by atoms with Crippen LogP contribution in [0.25, 0.3) is 0 Å². The molecule has 0 aliphatic carbocycles. The summed E-state index contributed by atoms with van der Waals surface area (Å²) < 4.78 is 11.0. The summed E-state index contributed by atoms with van der Waals surface area (Å²) in [5.41, 5.74) is 1.62. The minimum Gasteiger partial charge on any atom is -0.456 e. The highest BCUT2D eigenvalue weighted by Crippen LogP contribution is 2.32. The summed E-state index contributed by atoms with van der Waals surface area (Å²) in [6.07, 6.45) is 0. The fraction of sp³-hybridized carbons (Fsp3) is 0.235. The van der Waals surface area contributed by atoms with E-state index < -0.39 is 0 Å². The van der Waals surface area contributed by atoms with Crippen LogP contribution in [0.1, 0.15) is 18.1 Å². The van der Waals surface area contributed by atoms with Crippen LogP contribution < -0.4 is 4.74 Å². The molecule has 0 saturated carbocycles. The number of benzene rings is 2. The van der Waals surface area contributed by atoms with Gasteiger partial charge in [-0.2, -0.15) is 5.26 Å². The van der Waals surface area contributed by atoms with E-state index in [4.69, 9.17) is 9.47 Å². The van der Waals surface area contributed by atoms with Crippen LogP contribution in [0.2, 0.25) is 0 Å². The van der Waals surface area contributed by atoms with Crippen LogP contribution in [0.3, 0.4) is 0 Å². The first-order valence-electron chi connectivity index (χ1n) is 6.70. The third-order valence-corrected chi connectivity index (χ3v) is 3.78. The Kier molecular flexibility index (Phi) is 5.68. The predicted molar refractivity (Wildman–Crippen MR) is 84.8 cm³/mol. The van der Waals surface area contributed by atoms with Crippen LogP contribution >= 0.6 is 11.8 Å². The molecule has 0 saturated heterocycles. The van der Waals surface area contributed by atoms with Gasteiger partial charge >= 0.3 is 0 Å². The molecule has 0 radical (unpaired) electrons. The molecule has 0 spiro atoms. The third-order valence-electron chi connectivity index (χ3n) is 2.84. The molecular formula is C17H17NO2S. The molecule has 0 N–H and O–H groups in total. The van der Waals surface area contributed by atoms with Gasteiger partial charge in [-0.1, -0.05) is 25.1 Å². The Labute approximate surface area is 129 Å². The number of hydrogen-bond donors (Lipinski definition) is 0. The molecule has 0 aliphatic heterocycles. The van der Waals surface area contributed by atoms with Gasteiger partial charge in [0.05, 0.1) is 6.61 Å². The minimum absolute atomic E-state index is 0.536. The lowest BCUT2D eigenvalue weighted by Crippen LogP contribution is -1.92. The second-order valence-corrected chi connectivity index (χ2v) is 5.66. The van der Waals surface area contributed by atoms with Crippen molar-refractivity contribution in [2.45, 2.75) is 18.4 Å². The van der Waals surface area contributed by atoms with Gasteiger partial charge in [0.1, 0.15) is 23.1 Å². The Bertz CT molecular complexity index is 649. The molecule has 0 heterocycles. The Balaban J connectivity index is 2.29. The zero-order valence-corrected chi connectivity index (χ0v) is 12.9. The molecule has 108 valence electrons. The second kappa shape index (κ2) is 7.72. The molecule has 0 unspecified atom stereocenters. The topological polar surface area (TPSA) is 42.2 Å². The largest absolute Gasteiger partial charge is 0.456 e. The highest BCUT2D eigenvalue weighted by Gasteiger charge is 2.10. The van der Waals surface area contributed by atoms with E-state index in [-0.39, 0.29) is 0 Å². The van der Waals surface area contributed by atoms with Crippen LogP contribution in [0.4, 0.5) is 0 Å². The molecule has 3 nitrogen and oxygen atoms in total. The van der Waals surface area contributed by atoms with Crippen LogP contribution in [0.15, 0.2) is 47.4 Å². The fourth-order valence-corrected chi connectivity index (χ4v) is 2.75. The summed E-state index contributed by atoms with van der Waals surface area (Å²) in [6, 6.07) is 15.6. The third kappa shape index (κ3) is 4.01. The van der Waals surface area contributed by atoms with E-state index in [1.807, 2.05) is 42.5 Å².